The zero-order valence-electron chi connectivity index (χ0n) is 15.3. The quantitative estimate of drug-likeness (QED) is 0.215. The molecule has 0 saturated carbocycles. The van der Waals surface area contributed by atoms with Crippen LogP contribution in [0.15, 0.2) is 114 Å². The molecule has 0 atom stereocenters. The maximum absolute atomic E-state index is 4.51. The fourth-order valence-corrected chi connectivity index (χ4v) is 2.36. The zero-order chi connectivity index (χ0) is 18.5. The Morgan fingerprint density at radius 1 is 0.885 bits per heavy atom. The number of hydrogen-bond acceptors (Lipinski definition) is 1. The van der Waals surface area contributed by atoms with Gasteiger partial charge in [0.15, 0.2) is 0 Å². The predicted octanol–water partition coefficient (Wildman–Crippen LogP) is 6.89. The monoisotopic (exact) mass is 339 g/mol. The second-order valence-corrected chi connectivity index (χ2v) is 5.68. The van der Waals surface area contributed by atoms with Gasteiger partial charge >= 0.3 is 0 Å². The summed E-state index contributed by atoms with van der Waals surface area (Å²) in [5, 5.41) is 0. The predicted molar refractivity (Wildman–Crippen MR) is 116 cm³/mol. The van der Waals surface area contributed by atoms with E-state index in [9.17, 15) is 0 Å². The molecule has 26 heavy (non-hydrogen) atoms. The van der Waals surface area contributed by atoms with Crippen LogP contribution in [-0.4, -0.2) is 6.21 Å². The summed E-state index contributed by atoms with van der Waals surface area (Å²) in [6, 6.07) is 20.5. The van der Waals surface area contributed by atoms with Gasteiger partial charge in [0.05, 0.1) is 5.70 Å². The Balaban J connectivity index is 2.14. The first-order valence-corrected chi connectivity index (χ1v) is 8.79. The zero-order valence-corrected chi connectivity index (χ0v) is 15.3. The van der Waals surface area contributed by atoms with Crippen LogP contribution in [0.4, 0.5) is 0 Å². The van der Waals surface area contributed by atoms with Gasteiger partial charge in [-0.2, -0.15) is 0 Å². The standard InChI is InChI=1S/C25H25N/c1-3-4-5-6-7-8-15-20-26-22(2)25(24-18-13-10-14-19-24)21-23-16-11-9-12-17-23/h3-4,6-21H,2,5H2,1H3. The normalized spacial score (nSPS) is 12.7. The maximum Gasteiger partial charge on any atom is 0.0636 e. The third-order valence-electron chi connectivity index (χ3n) is 3.69. The summed E-state index contributed by atoms with van der Waals surface area (Å²) in [6.07, 6.45) is 17.0. The minimum Gasteiger partial charge on any atom is -0.257 e. The van der Waals surface area contributed by atoms with Crippen molar-refractivity contribution in [2.24, 2.45) is 4.99 Å². The summed E-state index contributed by atoms with van der Waals surface area (Å²) in [4.78, 5) is 4.51. The number of hydrogen-bond donors (Lipinski definition) is 0. The van der Waals surface area contributed by atoms with E-state index in [1.807, 2.05) is 67.6 Å². The summed E-state index contributed by atoms with van der Waals surface area (Å²) in [7, 11) is 0. The molecule has 0 aliphatic heterocycles. The Labute approximate surface area is 157 Å². The lowest BCUT2D eigenvalue weighted by molar-refractivity contribution is 1.38. The van der Waals surface area contributed by atoms with Crippen molar-refractivity contribution in [3.8, 4) is 0 Å². The number of allylic oxidation sites excluding steroid dienone is 7. The van der Waals surface area contributed by atoms with Crippen LogP contribution in [0.3, 0.4) is 0 Å². The van der Waals surface area contributed by atoms with Crippen molar-refractivity contribution >= 4 is 17.9 Å². The molecule has 0 N–H and O–H groups in total. The van der Waals surface area contributed by atoms with E-state index in [1.54, 1.807) is 6.21 Å². The molecule has 130 valence electrons. The lowest BCUT2D eigenvalue weighted by Crippen LogP contribution is -1.87. The smallest absolute Gasteiger partial charge is 0.0636 e. The van der Waals surface area contributed by atoms with Gasteiger partial charge in [-0.25, -0.2) is 0 Å². The van der Waals surface area contributed by atoms with E-state index >= 15 is 0 Å². The first-order chi connectivity index (χ1) is 12.8. The highest BCUT2D eigenvalue weighted by molar-refractivity contribution is 5.92. The molecule has 0 bridgehead atoms. The van der Waals surface area contributed by atoms with Gasteiger partial charge in [-0.15, -0.1) is 0 Å². The van der Waals surface area contributed by atoms with Gasteiger partial charge in [0, 0.05) is 11.8 Å². The minimum absolute atomic E-state index is 0.739. The average molecular weight is 339 g/mol. The van der Waals surface area contributed by atoms with Crippen LogP contribution >= 0.6 is 0 Å². The van der Waals surface area contributed by atoms with Crippen molar-refractivity contribution in [1.82, 2.24) is 0 Å². The summed E-state index contributed by atoms with van der Waals surface area (Å²) in [5.41, 5.74) is 3.99. The lowest BCUT2D eigenvalue weighted by atomic mass is 10.0. The van der Waals surface area contributed by atoms with E-state index in [-0.39, 0.29) is 0 Å². The van der Waals surface area contributed by atoms with Crippen LogP contribution in [0, 0.1) is 0 Å². The molecule has 0 amide bonds. The van der Waals surface area contributed by atoms with Gasteiger partial charge < -0.3 is 0 Å². The SMILES string of the molecule is C=C(N=CC=CC=CCC=CC)C(=Cc1ccccc1)c1ccccc1. The summed E-state index contributed by atoms with van der Waals surface area (Å²) < 4.78 is 0. The molecule has 2 rings (SSSR count). The highest BCUT2D eigenvalue weighted by Gasteiger charge is 2.04. The van der Waals surface area contributed by atoms with Crippen LogP contribution in [0.25, 0.3) is 11.6 Å². The molecule has 0 unspecified atom stereocenters. The largest absolute Gasteiger partial charge is 0.257 e. The molecule has 0 aliphatic carbocycles. The Morgan fingerprint density at radius 3 is 2.27 bits per heavy atom. The summed E-state index contributed by atoms with van der Waals surface area (Å²) in [5.74, 6) is 0. The first-order valence-electron chi connectivity index (χ1n) is 8.79. The van der Waals surface area contributed by atoms with Crippen molar-refractivity contribution in [2.75, 3.05) is 0 Å². The highest BCUT2D eigenvalue weighted by Crippen LogP contribution is 2.25. The molecule has 0 saturated heterocycles. The van der Waals surface area contributed by atoms with Crippen LogP contribution in [-0.2, 0) is 0 Å². The van der Waals surface area contributed by atoms with Gasteiger partial charge in [-0.3, -0.25) is 4.99 Å². The number of benzene rings is 2. The summed E-state index contributed by atoms with van der Waals surface area (Å²) in [6.45, 7) is 6.18. The molecule has 0 heterocycles. The molecule has 1 nitrogen and oxygen atoms in total. The van der Waals surface area contributed by atoms with E-state index in [4.69, 9.17) is 0 Å². The van der Waals surface area contributed by atoms with Crippen LogP contribution in [0.1, 0.15) is 24.5 Å². The van der Waals surface area contributed by atoms with E-state index in [0.717, 1.165) is 28.8 Å². The average Bonchev–Trinajstić information content (AvgIpc) is 2.69. The number of aliphatic imine (C=N–C) groups is 1. The Kier molecular flexibility index (Phi) is 8.38. The van der Waals surface area contributed by atoms with Gasteiger partial charge in [0.2, 0.25) is 0 Å². The second kappa shape index (κ2) is 11.4. The second-order valence-electron chi connectivity index (χ2n) is 5.68. The number of rotatable bonds is 8. The van der Waals surface area contributed by atoms with Crippen LogP contribution in [0.2, 0.25) is 0 Å². The lowest BCUT2D eigenvalue weighted by Gasteiger charge is -2.08. The van der Waals surface area contributed by atoms with Crippen molar-refractivity contribution in [3.05, 3.63) is 121 Å². The fraction of sp³-hybridized carbons (Fsp3) is 0.0800. The highest BCUT2D eigenvalue weighted by atomic mass is 14.7. The molecule has 2 aromatic carbocycles. The van der Waals surface area contributed by atoms with Crippen LogP contribution < -0.4 is 0 Å². The van der Waals surface area contributed by atoms with E-state index in [2.05, 4.69) is 54.1 Å². The molecular formula is C25H25N. The fourth-order valence-electron chi connectivity index (χ4n) is 2.36. The summed E-state index contributed by atoms with van der Waals surface area (Å²) >= 11 is 0. The molecule has 2 aromatic rings. The maximum atomic E-state index is 4.51. The molecule has 1 heteroatoms. The molecular weight excluding hydrogens is 314 g/mol. The topological polar surface area (TPSA) is 12.4 Å². The van der Waals surface area contributed by atoms with Gasteiger partial charge in [0.25, 0.3) is 0 Å². The Hall–Kier alpha value is -3.19. The molecule has 0 aliphatic rings. The Bertz CT molecular complexity index is 819. The minimum atomic E-state index is 0.739. The third-order valence-corrected chi connectivity index (χ3v) is 3.69. The third kappa shape index (κ3) is 6.74. The first kappa shape index (κ1) is 19.1. The molecule has 0 spiro atoms. The van der Waals surface area contributed by atoms with E-state index in [0.29, 0.717) is 0 Å². The Morgan fingerprint density at radius 2 is 1.58 bits per heavy atom. The van der Waals surface area contributed by atoms with Gasteiger partial charge in [0.1, 0.15) is 0 Å². The van der Waals surface area contributed by atoms with Crippen molar-refractivity contribution in [1.29, 1.82) is 0 Å². The van der Waals surface area contributed by atoms with Gasteiger partial charge in [-0.1, -0.05) is 97.6 Å². The molecule has 0 fully saturated rings. The van der Waals surface area contributed by atoms with Crippen molar-refractivity contribution in [2.45, 2.75) is 13.3 Å². The molecule has 0 aromatic heterocycles. The number of nitrogens with zero attached hydrogens (tertiary/aromatic N) is 1. The molecule has 0 radical (unpaired) electrons. The van der Waals surface area contributed by atoms with E-state index < -0.39 is 0 Å². The van der Waals surface area contributed by atoms with Crippen molar-refractivity contribution < 1.29 is 0 Å². The van der Waals surface area contributed by atoms with Crippen molar-refractivity contribution in [3.63, 3.8) is 0 Å². The van der Waals surface area contributed by atoms with E-state index in [1.165, 1.54) is 0 Å². The van der Waals surface area contributed by atoms with Gasteiger partial charge in [-0.05, 0) is 36.6 Å². The van der Waals surface area contributed by atoms with Crippen LogP contribution in [0.5, 0.6) is 0 Å².